The number of Topliss-reactive ketones (excluding diaryl/α,β-unsaturated/α-hetero) is 1. The molecule has 1 rings (SSSR count). The number of rotatable bonds is 10. The SMILES string of the molecule is CCCCSCCC(N)(C(=O)O)C(=O)Cc1ccccc1O. The van der Waals surface area contributed by atoms with E-state index in [1.54, 1.807) is 30.0 Å². The van der Waals surface area contributed by atoms with E-state index < -0.39 is 17.3 Å². The van der Waals surface area contributed by atoms with E-state index in [1.165, 1.54) is 6.07 Å². The molecule has 0 aromatic heterocycles. The Bertz CT molecular complexity index is 521. The number of aromatic hydroxyl groups is 1. The topological polar surface area (TPSA) is 101 Å². The van der Waals surface area contributed by atoms with Gasteiger partial charge in [-0.1, -0.05) is 31.5 Å². The van der Waals surface area contributed by atoms with Crippen LogP contribution in [0.15, 0.2) is 24.3 Å². The third-order valence-corrected chi connectivity index (χ3v) is 4.57. The Morgan fingerprint density at radius 1 is 1.27 bits per heavy atom. The number of hydrogen-bond donors (Lipinski definition) is 3. The van der Waals surface area contributed by atoms with E-state index in [2.05, 4.69) is 6.92 Å². The van der Waals surface area contributed by atoms with Crippen molar-refractivity contribution in [1.29, 1.82) is 0 Å². The number of ketones is 1. The third-order valence-electron chi connectivity index (χ3n) is 3.50. The van der Waals surface area contributed by atoms with E-state index in [0.29, 0.717) is 11.3 Å². The Morgan fingerprint density at radius 2 is 1.95 bits per heavy atom. The monoisotopic (exact) mass is 325 g/mol. The summed E-state index contributed by atoms with van der Waals surface area (Å²) in [5, 5.41) is 19.0. The molecule has 22 heavy (non-hydrogen) atoms. The molecule has 0 aliphatic carbocycles. The minimum Gasteiger partial charge on any atom is -0.508 e. The number of nitrogens with two attached hydrogens (primary N) is 1. The smallest absolute Gasteiger partial charge is 0.331 e. The molecule has 4 N–H and O–H groups in total. The lowest BCUT2D eigenvalue weighted by molar-refractivity contribution is -0.148. The summed E-state index contributed by atoms with van der Waals surface area (Å²) < 4.78 is 0. The van der Waals surface area contributed by atoms with Crippen molar-refractivity contribution in [2.24, 2.45) is 5.73 Å². The van der Waals surface area contributed by atoms with Crippen LogP contribution in [0.4, 0.5) is 0 Å². The lowest BCUT2D eigenvalue weighted by Crippen LogP contribution is -2.56. The van der Waals surface area contributed by atoms with Gasteiger partial charge in [-0.25, -0.2) is 4.79 Å². The first kappa shape index (κ1) is 18.5. The number of carboxylic acid groups (broad SMARTS) is 1. The number of para-hydroxylation sites is 1. The van der Waals surface area contributed by atoms with Gasteiger partial charge in [-0.15, -0.1) is 0 Å². The molecule has 1 atom stereocenters. The van der Waals surface area contributed by atoms with Crippen molar-refractivity contribution in [1.82, 2.24) is 0 Å². The highest BCUT2D eigenvalue weighted by molar-refractivity contribution is 7.99. The van der Waals surface area contributed by atoms with Crippen LogP contribution in [0.1, 0.15) is 31.7 Å². The number of phenols is 1. The van der Waals surface area contributed by atoms with Crippen LogP contribution in [0.3, 0.4) is 0 Å². The van der Waals surface area contributed by atoms with Gasteiger partial charge in [0.15, 0.2) is 11.3 Å². The Labute approximate surface area is 134 Å². The fourth-order valence-electron chi connectivity index (χ4n) is 1.94. The number of carbonyl (C=O) groups is 2. The van der Waals surface area contributed by atoms with Crippen LogP contribution in [0.2, 0.25) is 0 Å². The van der Waals surface area contributed by atoms with Gasteiger partial charge in [-0.05, 0) is 30.4 Å². The number of phenolic OH excluding ortho intramolecular Hbond substituents is 1. The third kappa shape index (κ3) is 5.03. The second-order valence-electron chi connectivity index (χ2n) is 5.22. The van der Waals surface area contributed by atoms with Crippen LogP contribution in [0.5, 0.6) is 5.75 Å². The van der Waals surface area contributed by atoms with Gasteiger partial charge in [-0.2, -0.15) is 11.8 Å². The molecule has 0 saturated carbocycles. The summed E-state index contributed by atoms with van der Waals surface area (Å²) >= 11 is 1.60. The van der Waals surface area contributed by atoms with Crippen LogP contribution in [-0.2, 0) is 16.0 Å². The fourth-order valence-corrected chi connectivity index (χ4v) is 3.10. The molecule has 0 radical (unpaired) electrons. The predicted octanol–water partition coefficient (Wildman–Crippen LogP) is 2.21. The maximum absolute atomic E-state index is 12.3. The highest BCUT2D eigenvalue weighted by atomic mass is 32.2. The molecule has 1 aromatic rings. The number of unbranched alkanes of at least 4 members (excludes halogenated alkanes) is 1. The minimum absolute atomic E-state index is 0.0269. The first-order valence-electron chi connectivity index (χ1n) is 7.32. The summed E-state index contributed by atoms with van der Waals surface area (Å²) in [6.45, 7) is 2.08. The number of thioether (sulfide) groups is 1. The van der Waals surface area contributed by atoms with E-state index >= 15 is 0 Å². The summed E-state index contributed by atoms with van der Waals surface area (Å²) in [7, 11) is 0. The molecule has 0 spiro atoms. The average molecular weight is 325 g/mol. The first-order chi connectivity index (χ1) is 10.4. The molecule has 1 unspecified atom stereocenters. The summed E-state index contributed by atoms with van der Waals surface area (Å²) in [6, 6.07) is 6.37. The van der Waals surface area contributed by atoms with Crippen LogP contribution in [-0.4, -0.2) is 39.0 Å². The second kappa shape index (κ2) is 8.80. The predicted molar refractivity (Wildman–Crippen MR) is 88.2 cm³/mol. The van der Waals surface area contributed by atoms with Gasteiger partial charge in [-0.3, -0.25) is 4.79 Å². The molecule has 122 valence electrons. The molecular weight excluding hydrogens is 302 g/mol. The molecule has 1 aromatic carbocycles. The first-order valence-corrected chi connectivity index (χ1v) is 8.47. The minimum atomic E-state index is -1.90. The standard InChI is InChI=1S/C16H23NO4S/c1-2-3-9-22-10-8-16(17,15(20)21)14(19)11-12-6-4-5-7-13(12)18/h4-7,18H,2-3,8-11,17H2,1H3,(H,20,21). The quantitative estimate of drug-likeness (QED) is 0.450. The summed E-state index contributed by atoms with van der Waals surface area (Å²) in [5.41, 5.74) is 4.34. The molecule has 6 heteroatoms. The van der Waals surface area contributed by atoms with E-state index in [-0.39, 0.29) is 18.6 Å². The number of carbonyl (C=O) groups excluding carboxylic acids is 1. The normalized spacial score (nSPS) is 13.5. The molecular formula is C16H23NO4S. The molecule has 0 bridgehead atoms. The van der Waals surface area contributed by atoms with Crippen LogP contribution in [0, 0.1) is 0 Å². The van der Waals surface area contributed by atoms with Crippen molar-refractivity contribution in [2.45, 2.75) is 38.1 Å². The lowest BCUT2D eigenvalue weighted by atomic mass is 9.88. The van der Waals surface area contributed by atoms with Crippen molar-refractivity contribution >= 4 is 23.5 Å². The van der Waals surface area contributed by atoms with Crippen molar-refractivity contribution in [2.75, 3.05) is 11.5 Å². The van der Waals surface area contributed by atoms with E-state index in [1.807, 2.05) is 0 Å². The van der Waals surface area contributed by atoms with Crippen LogP contribution >= 0.6 is 11.8 Å². The van der Waals surface area contributed by atoms with Gasteiger partial charge in [0, 0.05) is 12.0 Å². The number of carboxylic acids is 1. The second-order valence-corrected chi connectivity index (χ2v) is 6.45. The zero-order valence-corrected chi connectivity index (χ0v) is 13.6. The fraction of sp³-hybridized carbons (Fsp3) is 0.500. The summed E-state index contributed by atoms with van der Waals surface area (Å²) in [4.78, 5) is 23.8. The van der Waals surface area contributed by atoms with Crippen molar-refractivity contribution in [3.63, 3.8) is 0 Å². The van der Waals surface area contributed by atoms with Gasteiger partial charge in [0.25, 0.3) is 0 Å². The molecule has 0 heterocycles. The van der Waals surface area contributed by atoms with E-state index in [4.69, 9.17) is 5.73 Å². The summed E-state index contributed by atoms with van der Waals surface area (Å²) in [5.74, 6) is -0.475. The largest absolute Gasteiger partial charge is 0.508 e. The van der Waals surface area contributed by atoms with Gasteiger partial charge < -0.3 is 15.9 Å². The van der Waals surface area contributed by atoms with Crippen LogP contribution in [0.25, 0.3) is 0 Å². The molecule has 0 aliphatic heterocycles. The molecule has 0 saturated heterocycles. The van der Waals surface area contributed by atoms with Gasteiger partial charge >= 0.3 is 5.97 Å². The molecule has 0 fully saturated rings. The Balaban J connectivity index is 2.70. The summed E-state index contributed by atoms with van der Waals surface area (Å²) in [6.07, 6.45) is 2.03. The number of benzene rings is 1. The van der Waals surface area contributed by atoms with E-state index in [0.717, 1.165) is 18.6 Å². The van der Waals surface area contributed by atoms with Crippen LogP contribution < -0.4 is 5.73 Å². The zero-order valence-electron chi connectivity index (χ0n) is 12.7. The van der Waals surface area contributed by atoms with Crippen molar-refractivity contribution in [3.8, 4) is 5.75 Å². The molecule has 5 nitrogen and oxygen atoms in total. The van der Waals surface area contributed by atoms with Crippen molar-refractivity contribution in [3.05, 3.63) is 29.8 Å². The lowest BCUT2D eigenvalue weighted by Gasteiger charge is -2.23. The maximum Gasteiger partial charge on any atom is 0.331 e. The number of hydrogen-bond acceptors (Lipinski definition) is 5. The van der Waals surface area contributed by atoms with Gasteiger partial charge in [0.1, 0.15) is 5.75 Å². The van der Waals surface area contributed by atoms with Gasteiger partial charge in [0.05, 0.1) is 0 Å². The molecule has 0 amide bonds. The Hall–Kier alpha value is -1.53. The van der Waals surface area contributed by atoms with E-state index in [9.17, 15) is 19.8 Å². The zero-order chi connectivity index (χ0) is 16.6. The number of aliphatic carboxylic acids is 1. The average Bonchev–Trinajstić information content (AvgIpc) is 2.48. The highest BCUT2D eigenvalue weighted by Gasteiger charge is 2.41. The Kier molecular flexibility index (Phi) is 7.41. The molecule has 0 aliphatic rings. The Morgan fingerprint density at radius 3 is 2.55 bits per heavy atom. The van der Waals surface area contributed by atoms with Crippen molar-refractivity contribution < 1.29 is 19.8 Å². The highest BCUT2D eigenvalue weighted by Crippen LogP contribution is 2.21. The van der Waals surface area contributed by atoms with Gasteiger partial charge in [0.2, 0.25) is 0 Å². The maximum atomic E-state index is 12.3.